The number of hydrogen-bond acceptors (Lipinski definition) is 3. The predicted molar refractivity (Wildman–Crippen MR) is 68.3 cm³/mol. The van der Waals surface area contributed by atoms with E-state index in [0.717, 1.165) is 23.8 Å². The summed E-state index contributed by atoms with van der Waals surface area (Å²) >= 11 is 0. The Morgan fingerprint density at radius 2 is 2.00 bits per heavy atom. The van der Waals surface area contributed by atoms with Crippen LogP contribution in [0.15, 0.2) is 18.2 Å². The molecule has 0 amide bonds. The molecule has 0 atom stereocenters. The van der Waals surface area contributed by atoms with Gasteiger partial charge in [-0.3, -0.25) is 0 Å². The maximum Gasteiger partial charge on any atom is 0.148 e. The second kappa shape index (κ2) is 4.67. The summed E-state index contributed by atoms with van der Waals surface area (Å²) in [6, 6.07) is 6.34. The highest BCUT2D eigenvalue weighted by Gasteiger charge is 2.09. The van der Waals surface area contributed by atoms with Crippen molar-refractivity contribution in [1.82, 2.24) is 14.8 Å². The van der Waals surface area contributed by atoms with E-state index in [2.05, 4.69) is 35.2 Å². The summed E-state index contributed by atoms with van der Waals surface area (Å²) < 4.78 is 1.89. The van der Waals surface area contributed by atoms with Gasteiger partial charge in [-0.1, -0.05) is 17.7 Å². The zero-order valence-corrected chi connectivity index (χ0v) is 10.6. The van der Waals surface area contributed by atoms with Crippen LogP contribution in [0, 0.1) is 20.8 Å². The third-order valence-electron chi connectivity index (χ3n) is 2.75. The third-order valence-corrected chi connectivity index (χ3v) is 2.75. The van der Waals surface area contributed by atoms with E-state index in [-0.39, 0.29) is 0 Å². The van der Waals surface area contributed by atoms with E-state index in [4.69, 9.17) is 5.73 Å². The van der Waals surface area contributed by atoms with E-state index in [1.54, 1.807) is 0 Å². The lowest BCUT2D eigenvalue weighted by Gasteiger charge is -2.10. The first-order valence-corrected chi connectivity index (χ1v) is 5.82. The highest BCUT2D eigenvalue weighted by atomic mass is 15.3. The molecule has 0 bridgehead atoms. The molecule has 0 radical (unpaired) electrons. The summed E-state index contributed by atoms with van der Waals surface area (Å²) in [5.74, 6) is 1.70. The molecule has 2 rings (SSSR count). The van der Waals surface area contributed by atoms with E-state index in [9.17, 15) is 0 Å². The largest absolute Gasteiger partial charge is 0.330 e. The van der Waals surface area contributed by atoms with Gasteiger partial charge < -0.3 is 5.73 Å². The minimum Gasteiger partial charge on any atom is -0.330 e. The molecule has 0 unspecified atom stereocenters. The van der Waals surface area contributed by atoms with Crippen molar-refractivity contribution in [3.63, 3.8) is 0 Å². The Morgan fingerprint density at radius 3 is 2.59 bits per heavy atom. The van der Waals surface area contributed by atoms with Crippen molar-refractivity contribution in [1.29, 1.82) is 0 Å². The molecular weight excluding hydrogens is 212 g/mol. The summed E-state index contributed by atoms with van der Waals surface area (Å²) in [5.41, 5.74) is 9.20. The van der Waals surface area contributed by atoms with Crippen LogP contribution >= 0.6 is 0 Å². The number of benzene rings is 1. The standard InChI is InChI=1S/C13H18N4/c1-9-4-5-13(12(8-9)6-7-14)17-11(3)15-10(2)16-17/h4-5,8H,6-7,14H2,1-3H3. The average molecular weight is 230 g/mol. The zero-order chi connectivity index (χ0) is 12.4. The van der Waals surface area contributed by atoms with Gasteiger partial charge >= 0.3 is 0 Å². The van der Waals surface area contributed by atoms with Crippen LogP contribution in [0.3, 0.4) is 0 Å². The Labute approximate surface area is 101 Å². The summed E-state index contributed by atoms with van der Waals surface area (Å²) in [4.78, 5) is 4.33. The van der Waals surface area contributed by atoms with E-state index < -0.39 is 0 Å². The van der Waals surface area contributed by atoms with Crippen molar-refractivity contribution in [2.75, 3.05) is 6.54 Å². The molecule has 0 aliphatic heterocycles. The Kier molecular flexibility index (Phi) is 3.24. The Morgan fingerprint density at radius 1 is 1.24 bits per heavy atom. The van der Waals surface area contributed by atoms with Gasteiger partial charge in [0.15, 0.2) is 0 Å². The summed E-state index contributed by atoms with van der Waals surface area (Å²) in [5, 5.41) is 4.42. The van der Waals surface area contributed by atoms with Gasteiger partial charge in [0.2, 0.25) is 0 Å². The zero-order valence-electron chi connectivity index (χ0n) is 10.6. The smallest absolute Gasteiger partial charge is 0.148 e. The third kappa shape index (κ3) is 2.36. The van der Waals surface area contributed by atoms with Crippen LogP contribution in [0.1, 0.15) is 22.8 Å². The molecule has 2 aromatic rings. The highest BCUT2D eigenvalue weighted by Crippen LogP contribution is 2.17. The van der Waals surface area contributed by atoms with Gasteiger partial charge in [-0.25, -0.2) is 9.67 Å². The molecule has 90 valence electrons. The highest BCUT2D eigenvalue weighted by molar-refractivity contribution is 5.43. The van der Waals surface area contributed by atoms with Crippen LogP contribution in [-0.2, 0) is 6.42 Å². The van der Waals surface area contributed by atoms with Gasteiger partial charge in [0.05, 0.1) is 5.69 Å². The molecule has 0 saturated carbocycles. The van der Waals surface area contributed by atoms with Crippen molar-refractivity contribution in [2.45, 2.75) is 27.2 Å². The lowest BCUT2D eigenvalue weighted by atomic mass is 10.1. The Hall–Kier alpha value is -1.68. The molecule has 0 saturated heterocycles. The molecule has 4 heteroatoms. The lowest BCUT2D eigenvalue weighted by Crippen LogP contribution is -2.09. The molecule has 1 aromatic heterocycles. The van der Waals surface area contributed by atoms with E-state index in [1.165, 1.54) is 11.1 Å². The van der Waals surface area contributed by atoms with Gasteiger partial charge in [0.1, 0.15) is 11.6 Å². The van der Waals surface area contributed by atoms with Gasteiger partial charge in [-0.05, 0) is 45.4 Å². The van der Waals surface area contributed by atoms with Gasteiger partial charge in [0.25, 0.3) is 0 Å². The van der Waals surface area contributed by atoms with Crippen molar-refractivity contribution in [3.05, 3.63) is 41.0 Å². The summed E-state index contributed by atoms with van der Waals surface area (Å²) in [6.07, 6.45) is 0.857. The van der Waals surface area contributed by atoms with Gasteiger partial charge in [-0.2, -0.15) is 5.10 Å². The number of aromatic nitrogens is 3. The molecule has 2 N–H and O–H groups in total. The molecular formula is C13H18N4. The minimum atomic E-state index is 0.642. The van der Waals surface area contributed by atoms with Crippen LogP contribution in [0.2, 0.25) is 0 Å². The molecule has 17 heavy (non-hydrogen) atoms. The summed E-state index contributed by atoms with van der Waals surface area (Å²) in [6.45, 7) is 6.60. The van der Waals surface area contributed by atoms with Crippen LogP contribution in [-0.4, -0.2) is 21.3 Å². The quantitative estimate of drug-likeness (QED) is 0.873. The van der Waals surface area contributed by atoms with Crippen molar-refractivity contribution in [2.24, 2.45) is 5.73 Å². The Bertz CT molecular complexity index is 528. The maximum atomic E-state index is 5.66. The SMILES string of the molecule is Cc1ccc(-n2nc(C)nc2C)c(CCN)c1. The van der Waals surface area contributed by atoms with Gasteiger partial charge in [-0.15, -0.1) is 0 Å². The maximum absolute atomic E-state index is 5.66. The fourth-order valence-electron chi connectivity index (χ4n) is 2.03. The fraction of sp³-hybridized carbons (Fsp3) is 0.385. The Balaban J connectivity index is 2.54. The normalized spacial score (nSPS) is 10.8. The van der Waals surface area contributed by atoms with Crippen molar-refractivity contribution < 1.29 is 0 Å². The topological polar surface area (TPSA) is 56.7 Å². The van der Waals surface area contributed by atoms with Crippen LogP contribution < -0.4 is 5.73 Å². The van der Waals surface area contributed by atoms with E-state index >= 15 is 0 Å². The van der Waals surface area contributed by atoms with E-state index in [0.29, 0.717) is 6.54 Å². The predicted octanol–water partition coefficient (Wildman–Crippen LogP) is 1.69. The van der Waals surface area contributed by atoms with E-state index in [1.807, 2.05) is 18.5 Å². The fourth-order valence-corrected chi connectivity index (χ4v) is 2.03. The van der Waals surface area contributed by atoms with Crippen molar-refractivity contribution >= 4 is 0 Å². The summed E-state index contributed by atoms with van der Waals surface area (Å²) in [7, 11) is 0. The first-order chi connectivity index (χ1) is 8.11. The van der Waals surface area contributed by atoms with Crippen LogP contribution in [0.25, 0.3) is 5.69 Å². The number of hydrogen-bond donors (Lipinski definition) is 1. The number of nitrogens with zero attached hydrogens (tertiary/aromatic N) is 3. The van der Waals surface area contributed by atoms with Crippen LogP contribution in [0.5, 0.6) is 0 Å². The molecule has 0 fully saturated rings. The monoisotopic (exact) mass is 230 g/mol. The first-order valence-electron chi connectivity index (χ1n) is 5.82. The van der Waals surface area contributed by atoms with Crippen molar-refractivity contribution in [3.8, 4) is 5.69 Å². The van der Waals surface area contributed by atoms with Gasteiger partial charge in [0, 0.05) is 0 Å². The average Bonchev–Trinajstić information content (AvgIpc) is 2.59. The molecule has 0 spiro atoms. The molecule has 4 nitrogen and oxygen atoms in total. The van der Waals surface area contributed by atoms with Crippen LogP contribution in [0.4, 0.5) is 0 Å². The second-order valence-corrected chi connectivity index (χ2v) is 4.29. The number of nitrogens with two attached hydrogens (primary N) is 1. The molecule has 1 heterocycles. The molecule has 0 aliphatic rings. The molecule has 1 aromatic carbocycles. The minimum absolute atomic E-state index is 0.642. The number of aryl methyl sites for hydroxylation is 3. The number of rotatable bonds is 3. The second-order valence-electron chi connectivity index (χ2n) is 4.29. The first kappa shape index (κ1) is 11.8. The lowest BCUT2D eigenvalue weighted by molar-refractivity contribution is 0.810. The molecule has 0 aliphatic carbocycles.